The van der Waals surface area contributed by atoms with Gasteiger partial charge in [-0.15, -0.1) is 0 Å². The lowest BCUT2D eigenvalue weighted by Crippen LogP contribution is -2.43. The molecule has 0 rings (SSSR count). The molecule has 0 heterocycles. The predicted octanol–water partition coefficient (Wildman–Crippen LogP) is 4.72. The second-order valence-corrected chi connectivity index (χ2v) is 11.1. The number of rotatable bonds is 13. The van der Waals surface area contributed by atoms with Gasteiger partial charge in [0.05, 0.1) is 24.9 Å². The van der Waals surface area contributed by atoms with Crippen LogP contribution in [-0.2, 0) is 9.59 Å². The van der Waals surface area contributed by atoms with Crippen molar-refractivity contribution in [2.24, 2.45) is 0 Å². The van der Waals surface area contributed by atoms with Gasteiger partial charge in [0.15, 0.2) is 5.16 Å². The van der Waals surface area contributed by atoms with Crippen LogP contribution in [0.5, 0.6) is 0 Å². The first-order chi connectivity index (χ1) is 10.3. The van der Waals surface area contributed by atoms with Gasteiger partial charge in [-0.1, -0.05) is 40.0 Å². The zero-order valence-corrected chi connectivity index (χ0v) is 15.6. The number of hydrogen-bond donors (Lipinski definition) is 2. The zero-order valence-electron chi connectivity index (χ0n) is 14.7. The van der Waals surface area contributed by atoms with Crippen molar-refractivity contribution >= 4 is 19.2 Å². The van der Waals surface area contributed by atoms with Crippen LogP contribution in [0.2, 0.25) is 0 Å². The van der Waals surface area contributed by atoms with Crippen molar-refractivity contribution in [1.82, 2.24) is 0 Å². The van der Waals surface area contributed by atoms with E-state index in [9.17, 15) is 19.8 Å². The highest BCUT2D eigenvalue weighted by molar-refractivity contribution is 7.78. The molecule has 4 nitrogen and oxygen atoms in total. The van der Waals surface area contributed by atoms with Crippen molar-refractivity contribution in [3.05, 3.63) is 0 Å². The number of hydrogen-bond acceptors (Lipinski definition) is 2. The van der Waals surface area contributed by atoms with E-state index in [1.807, 2.05) is 0 Å². The Bertz CT molecular complexity index is 335. The largest absolute Gasteiger partial charge is 0.481 e. The van der Waals surface area contributed by atoms with E-state index in [1.165, 1.54) is 0 Å². The zero-order chi connectivity index (χ0) is 17.2. The van der Waals surface area contributed by atoms with E-state index in [1.54, 1.807) is 6.92 Å². The molecule has 1 atom stereocenters. The van der Waals surface area contributed by atoms with Gasteiger partial charge >= 0.3 is 11.9 Å². The summed E-state index contributed by atoms with van der Waals surface area (Å²) in [5.74, 6) is -1.90. The Morgan fingerprint density at radius 2 is 1.23 bits per heavy atom. The molecule has 0 aliphatic rings. The average Bonchev–Trinajstić information content (AvgIpc) is 2.45. The second-order valence-electron chi connectivity index (χ2n) is 6.53. The Balaban J connectivity index is 5.75. The van der Waals surface area contributed by atoms with E-state index in [-0.39, 0.29) is 6.42 Å². The normalized spacial score (nSPS) is 14.5. The van der Waals surface area contributed by atoms with Crippen molar-refractivity contribution in [1.29, 1.82) is 0 Å². The van der Waals surface area contributed by atoms with E-state index in [4.69, 9.17) is 0 Å². The first-order valence-corrected chi connectivity index (χ1v) is 11.0. The van der Waals surface area contributed by atoms with Crippen LogP contribution in [-0.4, -0.2) is 45.8 Å². The van der Waals surface area contributed by atoms with Gasteiger partial charge in [0.25, 0.3) is 0 Å². The molecular weight excluding hydrogens is 299 g/mol. The number of carbonyl (C=O) groups is 2. The Kier molecular flexibility index (Phi) is 9.91. The molecule has 0 aromatic heterocycles. The molecule has 0 aliphatic carbocycles. The van der Waals surface area contributed by atoms with Gasteiger partial charge in [-0.05, 0) is 26.2 Å². The van der Waals surface area contributed by atoms with Crippen molar-refractivity contribution in [2.75, 3.05) is 18.5 Å². The minimum absolute atomic E-state index is 0.243. The molecule has 0 amide bonds. The molecule has 5 heteroatoms. The number of unbranched alkanes of at least 4 members (excludes halogenated alkanes) is 3. The van der Waals surface area contributed by atoms with E-state index < -0.39 is 24.4 Å². The van der Waals surface area contributed by atoms with E-state index >= 15 is 0 Å². The number of carboxylic acid groups (broad SMARTS) is 2. The first kappa shape index (κ1) is 21.4. The van der Waals surface area contributed by atoms with Crippen LogP contribution >= 0.6 is 7.26 Å². The summed E-state index contributed by atoms with van der Waals surface area (Å²) in [6.45, 7) is 8.05. The Labute approximate surface area is 136 Å². The molecular formula is C17H34O4P+. The molecule has 0 saturated carbocycles. The van der Waals surface area contributed by atoms with Gasteiger partial charge in [-0.3, -0.25) is 4.79 Å². The first-order valence-electron chi connectivity index (χ1n) is 8.61. The molecule has 0 aromatic carbocycles. The highest BCUT2D eigenvalue weighted by atomic mass is 31.2. The topological polar surface area (TPSA) is 74.6 Å². The highest BCUT2D eigenvalue weighted by Gasteiger charge is 2.59. The van der Waals surface area contributed by atoms with Crippen LogP contribution in [0, 0.1) is 0 Å². The smallest absolute Gasteiger partial charge is 0.347 e. The monoisotopic (exact) mass is 333 g/mol. The van der Waals surface area contributed by atoms with Gasteiger partial charge in [0.2, 0.25) is 0 Å². The maximum absolute atomic E-state index is 12.1. The van der Waals surface area contributed by atoms with Gasteiger partial charge < -0.3 is 10.2 Å². The Hall–Kier alpha value is -0.630. The fourth-order valence-electron chi connectivity index (χ4n) is 3.20. The summed E-state index contributed by atoms with van der Waals surface area (Å²) in [6, 6.07) is 0. The van der Waals surface area contributed by atoms with E-state index in [0.717, 1.165) is 57.0 Å². The lowest BCUT2D eigenvalue weighted by atomic mass is 10.1. The van der Waals surface area contributed by atoms with Crippen molar-refractivity contribution < 1.29 is 19.8 Å². The molecule has 1 unspecified atom stereocenters. The summed E-state index contributed by atoms with van der Waals surface area (Å²) in [5.41, 5.74) is 0. The molecule has 0 aromatic rings. The maximum atomic E-state index is 12.1. The molecule has 2 N–H and O–H groups in total. The minimum atomic E-state index is -1.86. The van der Waals surface area contributed by atoms with Crippen LogP contribution in [0.25, 0.3) is 0 Å². The maximum Gasteiger partial charge on any atom is 0.347 e. The van der Waals surface area contributed by atoms with Crippen LogP contribution in [0.3, 0.4) is 0 Å². The Morgan fingerprint density at radius 1 is 0.864 bits per heavy atom. The third kappa shape index (κ3) is 5.53. The fourth-order valence-corrected chi connectivity index (χ4v) is 8.99. The fraction of sp³-hybridized carbons (Fsp3) is 0.882. The van der Waals surface area contributed by atoms with E-state index in [2.05, 4.69) is 20.8 Å². The van der Waals surface area contributed by atoms with Crippen LogP contribution < -0.4 is 0 Å². The van der Waals surface area contributed by atoms with Crippen LogP contribution in [0.15, 0.2) is 0 Å². The molecule has 0 saturated heterocycles. The SMILES string of the molecule is CCCC[P+](CCCC)(CCCC)C(C)(CC(=O)O)C(=O)O. The average molecular weight is 333 g/mol. The third-order valence-corrected chi connectivity index (χ3v) is 10.8. The summed E-state index contributed by atoms with van der Waals surface area (Å²) >= 11 is 0. The van der Waals surface area contributed by atoms with Gasteiger partial charge in [0, 0.05) is 7.26 Å². The number of aliphatic carboxylic acids is 2. The molecule has 0 radical (unpaired) electrons. The van der Waals surface area contributed by atoms with E-state index in [0.29, 0.717) is 0 Å². The number of carboxylic acids is 2. The van der Waals surface area contributed by atoms with Gasteiger partial charge in [-0.25, -0.2) is 4.79 Å². The molecule has 22 heavy (non-hydrogen) atoms. The van der Waals surface area contributed by atoms with Crippen LogP contribution in [0.4, 0.5) is 0 Å². The standard InChI is InChI=1S/C17H33O4P/c1-5-8-11-22(12-9-6-2,13-10-7-3)17(4,16(20)21)14-15(18)19/h5-14H2,1-4H3,(H-,18,19,20,21)/p+1. The summed E-state index contributed by atoms with van der Waals surface area (Å²) in [6.07, 6.45) is 8.61. The minimum Gasteiger partial charge on any atom is -0.481 e. The van der Waals surface area contributed by atoms with Gasteiger partial charge in [-0.2, -0.15) is 0 Å². The van der Waals surface area contributed by atoms with Crippen molar-refractivity contribution in [3.8, 4) is 0 Å². The summed E-state index contributed by atoms with van der Waals surface area (Å²) in [4.78, 5) is 23.4. The van der Waals surface area contributed by atoms with Crippen LogP contribution in [0.1, 0.15) is 72.6 Å². The lowest BCUT2D eigenvalue weighted by molar-refractivity contribution is -0.146. The van der Waals surface area contributed by atoms with Crippen molar-refractivity contribution in [2.45, 2.75) is 77.8 Å². The summed E-state index contributed by atoms with van der Waals surface area (Å²) < 4.78 is 0. The van der Waals surface area contributed by atoms with Gasteiger partial charge in [0.1, 0.15) is 0 Å². The molecule has 130 valence electrons. The van der Waals surface area contributed by atoms with Crippen molar-refractivity contribution in [3.63, 3.8) is 0 Å². The second kappa shape index (κ2) is 10.2. The Morgan fingerprint density at radius 3 is 1.45 bits per heavy atom. The summed E-state index contributed by atoms with van der Waals surface area (Å²) in [5, 5.41) is 18.1. The highest BCUT2D eigenvalue weighted by Crippen LogP contribution is 2.71. The predicted molar refractivity (Wildman–Crippen MR) is 94.5 cm³/mol. The summed E-state index contributed by atoms with van der Waals surface area (Å²) in [7, 11) is -1.86. The quantitative estimate of drug-likeness (QED) is 0.478. The third-order valence-electron chi connectivity index (χ3n) is 4.82. The lowest BCUT2D eigenvalue weighted by Gasteiger charge is -2.40. The molecule has 0 spiro atoms. The molecule has 0 aliphatic heterocycles. The molecule has 0 fully saturated rings. The molecule has 0 bridgehead atoms.